The van der Waals surface area contributed by atoms with Gasteiger partial charge in [-0.2, -0.15) is 5.10 Å². The van der Waals surface area contributed by atoms with Crippen molar-refractivity contribution in [2.45, 2.75) is 38.0 Å². The molecule has 3 atom stereocenters. The lowest BCUT2D eigenvalue weighted by Crippen LogP contribution is -2.48. The van der Waals surface area contributed by atoms with E-state index < -0.39 is 0 Å². The quantitative estimate of drug-likeness (QED) is 0.832. The fourth-order valence-electron chi connectivity index (χ4n) is 5.49. The first-order chi connectivity index (χ1) is 12.6. The molecule has 1 heterocycles. The largest absolute Gasteiger partial charge is 0.384 e. The minimum atomic E-state index is 0.263. The van der Waals surface area contributed by atoms with E-state index in [0.29, 0.717) is 11.8 Å². The van der Waals surface area contributed by atoms with Crippen molar-refractivity contribution < 1.29 is 4.74 Å². The van der Waals surface area contributed by atoms with Crippen molar-refractivity contribution in [3.63, 3.8) is 0 Å². The van der Waals surface area contributed by atoms with Crippen molar-refractivity contribution >= 4 is 5.71 Å². The zero-order valence-corrected chi connectivity index (χ0v) is 16.6. The smallest absolute Gasteiger partial charge is 0.0683 e. The summed E-state index contributed by atoms with van der Waals surface area (Å²) in [4.78, 5) is 2.39. The normalized spacial score (nSPS) is 33.8. The number of methoxy groups -OCH3 is 1. The van der Waals surface area contributed by atoms with Crippen LogP contribution in [0.1, 0.15) is 43.7 Å². The number of hydrazone groups is 1. The molecule has 1 saturated carbocycles. The maximum atomic E-state index is 5.60. The minimum Gasteiger partial charge on any atom is -0.384 e. The molecule has 1 aromatic carbocycles. The van der Waals surface area contributed by atoms with E-state index in [1.54, 1.807) is 0 Å². The third-order valence-corrected chi connectivity index (χ3v) is 7.05. The van der Waals surface area contributed by atoms with Gasteiger partial charge in [-0.3, -0.25) is 5.01 Å². The van der Waals surface area contributed by atoms with Crippen LogP contribution in [0.5, 0.6) is 0 Å². The number of fused-ring (bicyclic) bond motifs is 3. The van der Waals surface area contributed by atoms with Gasteiger partial charge in [0.15, 0.2) is 0 Å². The monoisotopic (exact) mass is 355 g/mol. The number of nitrogens with zero attached hydrogens (tertiary/aromatic N) is 3. The molecule has 0 radical (unpaired) electrons. The second-order valence-corrected chi connectivity index (χ2v) is 8.68. The number of ether oxygens (including phenoxy) is 1. The molecule has 0 bridgehead atoms. The molecule has 4 heteroatoms. The van der Waals surface area contributed by atoms with Gasteiger partial charge in [-0.25, -0.2) is 0 Å². The second-order valence-electron chi connectivity index (χ2n) is 8.68. The molecular formula is C22H33N3O. The van der Waals surface area contributed by atoms with Gasteiger partial charge in [-0.1, -0.05) is 37.6 Å². The highest BCUT2D eigenvalue weighted by Gasteiger charge is 2.48. The number of hydrogen-bond donors (Lipinski definition) is 0. The van der Waals surface area contributed by atoms with Crippen molar-refractivity contribution in [3.05, 3.63) is 35.4 Å². The van der Waals surface area contributed by atoms with E-state index >= 15 is 0 Å². The van der Waals surface area contributed by atoms with Crippen LogP contribution in [-0.2, 0) is 10.2 Å². The van der Waals surface area contributed by atoms with Crippen LogP contribution in [-0.4, -0.2) is 62.6 Å². The Labute approximate surface area is 158 Å². The molecule has 1 aliphatic heterocycles. The third kappa shape index (κ3) is 3.18. The van der Waals surface area contributed by atoms with E-state index in [1.807, 2.05) is 7.11 Å². The first-order valence-electron chi connectivity index (χ1n) is 10.2. The van der Waals surface area contributed by atoms with Crippen LogP contribution in [0.2, 0.25) is 0 Å². The fraction of sp³-hybridized carbons (Fsp3) is 0.682. The first-order valence-corrected chi connectivity index (χ1v) is 10.2. The zero-order chi connectivity index (χ0) is 18.1. The molecule has 4 nitrogen and oxygen atoms in total. The Kier molecular flexibility index (Phi) is 5.07. The van der Waals surface area contributed by atoms with E-state index in [9.17, 15) is 0 Å². The van der Waals surface area contributed by atoms with Gasteiger partial charge >= 0.3 is 0 Å². The van der Waals surface area contributed by atoms with Crippen molar-refractivity contribution in [2.75, 3.05) is 46.9 Å². The van der Waals surface area contributed by atoms with E-state index in [0.717, 1.165) is 39.2 Å². The van der Waals surface area contributed by atoms with Gasteiger partial charge in [0.05, 0.1) is 5.71 Å². The minimum absolute atomic E-state index is 0.263. The van der Waals surface area contributed by atoms with Gasteiger partial charge in [0, 0.05) is 45.5 Å². The van der Waals surface area contributed by atoms with Gasteiger partial charge in [0.1, 0.15) is 0 Å². The number of hydrogen-bond acceptors (Lipinski definition) is 4. The molecule has 3 aliphatic rings. The predicted octanol–water partition coefficient (Wildman–Crippen LogP) is 3.36. The van der Waals surface area contributed by atoms with Gasteiger partial charge in [-0.15, -0.1) is 0 Å². The highest BCUT2D eigenvalue weighted by Crippen LogP contribution is 2.52. The summed E-state index contributed by atoms with van der Waals surface area (Å²) in [5.41, 5.74) is 4.47. The Bertz CT molecular complexity index is 663. The lowest BCUT2D eigenvalue weighted by atomic mass is 9.54. The molecule has 0 N–H and O–H groups in total. The van der Waals surface area contributed by atoms with Crippen LogP contribution >= 0.6 is 0 Å². The third-order valence-electron chi connectivity index (χ3n) is 7.05. The first kappa shape index (κ1) is 18.0. The molecule has 0 spiro atoms. The molecular weight excluding hydrogens is 322 g/mol. The molecule has 2 fully saturated rings. The van der Waals surface area contributed by atoms with Crippen molar-refractivity contribution in [1.82, 2.24) is 9.91 Å². The van der Waals surface area contributed by atoms with Crippen LogP contribution < -0.4 is 0 Å². The lowest BCUT2D eigenvalue weighted by molar-refractivity contribution is 0.0517. The maximum absolute atomic E-state index is 5.60. The number of likely N-dealkylation sites (N-methyl/N-ethyl adjacent to an activating group) is 1. The molecule has 4 rings (SSSR count). The topological polar surface area (TPSA) is 28.1 Å². The van der Waals surface area contributed by atoms with Crippen molar-refractivity contribution in [1.29, 1.82) is 0 Å². The summed E-state index contributed by atoms with van der Waals surface area (Å²) in [5, 5.41) is 7.46. The summed E-state index contributed by atoms with van der Waals surface area (Å²) in [5.74, 6) is 1.28. The zero-order valence-electron chi connectivity index (χ0n) is 16.6. The van der Waals surface area contributed by atoms with E-state index in [1.165, 1.54) is 36.1 Å². The standard InChI is InChI=1S/C22H33N3O/c1-22-10-6-7-17(16-26-3)20(22)15-21(18-8-4-5-9-19(18)22)23-25-13-11-24(2)12-14-25/h4-5,8-9,17,20H,6-7,10-16H2,1-3H3/t17-,20?,22-/m1/s1. The van der Waals surface area contributed by atoms with Gasteiger partial charge in [0.25, 0.3) is 0 Å². The number of rotatable bonds is 3. The molecule has 1 aromatic rings. The number of benzene rings is 1. The predicted molar refractivity (Wildman–Crippen MR) is 107 cm³/mol. The van der Waals surface area contributed by atoms with E-state index in [-0.39, 0.29) is 5.41 Å². The van der Waals surface area contributed by atoms with Gasteiger partial charge < -0.3 is 9.64 Å². The van der Waals surface area contributed by atoms with Crippen LogP contribution in [0.3, 0.4) is 0 Å². The van der Waals surface area contributed by atoms with Crippen LogP contribution in [0.15, 0.2) is 29.4 Å². The van der Waals surface area contributed by atoms with Gasteiger partial charge in [-0.05, 0) is 49.1 Å². The van der Waals surface area contributed by atoms with Crippen molar-refractivity contribution in [3.8, 4) is 0 Å². The highest BCUT2D eigenvalue weighted by molar-refractivity contribution is 6.03. The number of piperazine rings is 1. The second kappa shape index (κ2) is 7.32. The van der Waals surface area contributed by atoms with E-state index in [2.05, 4.69) is 48.1 Å². The van der Waals surface area contributed by atoms with E-state index in [4.69, 9.17) is 9.84 Å². The summed E-state index contributed by atoms with van der Waals surface area (Å²) in [7, 11) is 4.05. The Morgan fingerprint density at radius 1 is 1.19 bits per heavy atom. The molecule has 142 valence electrons. The van der Waals surface area contributed by atoms with Crippen molar-refractivity contribution in [2.24, 2.45) is 16.9 Å². The molecule has 0 amide bonds. The average molecular weight is 356 g/mol. The van der Waals surface area contributed by atoms with Crippen LogP contribution in [0, 0.1) is 11.8 Å². The van der Waals surface area contributed by atoms with Gasteiger partial charge in [0.2, 0.25) is 0 Å². The van der Waals surface area contributed by atoms with Crippen LogP contribution in [0.25, 0.3) is 0 Å². The highest BCUT2D eigenvalue weighted by atomic mass is 16.5. The Balaban J connectivity index is 1.70. The summed E-state index contributed by atoms with van der Waals surface area (Å²) in [6.45, 7) is 7.64. The summed E-state index contributed by atoms with van der Waals surface area (Å²) in [6, 6.07) is 9.04. The summed E-state index contributed by atoms with van der Waals surface area (Å²) in [6.07, 6.45) is 4.98. The maximum Gasteiger partial charge on any atom is 0.0683 e. The Morgan fingerprint density at radius 2 is 1.96 bits per heavy atom. The molecule has 0 aromatic heterocycles. The molecule has 1 unspecified atom stereocenters. The Morgan fingerprint density at radius 3 is 2.73 bits per heavy atom. The molecule has 26 heavy (non-hydrogen) atoms. The summed E-state index contributed by atoms with van der Waals surface area (Å²) >= 11 is 0. The average Bonchev–Trinajstić information content (AvgIpc) is 2.65. The SMILES string of the molecule is COC[C@H]1CCC[C@]2(C)c3ccccc3C(=NN3CCN(C)CC3)CC12. The Hall–Kier alpha value is -1.39. The lowest BCUT2D eigenvalue weighted by Gasteiger charge is -2.50. The van der Waals surface area contributed by atoms with Crippen LogP contribution in [0.4, 0.5) is 0 Å². The molecule has 2 aliphatic carbocycles. The summed E-state index contributed by atoms with van der Waals surface area (Å²) < 4.78 is 5.60. The molecule has 1 saturated heterocycles. The fourth-order valence-corrected chi connectivity index (χ4v) is 5.49.